The van der Waals surface area contributed by atoms with Gasteiger partial charge in [0.2, 0.25) is 0 Å². The fraction of sp³-hybridized carbons (Fsp3) is 0.647. The maximum Gasteiger partial charge on any atom is 0.254 e. The van der Waals surface area contributed by atoms with Crippen LogP contribution in [-0.4, -0.2) is 58.5 Å². The monoisotopic (exact) mass is 318 g/mol. The average Bonchev–Trinajstić information content (AvgIpc) is 3.04. The smallest absolute Gasteiger partial charge is 0.254 e. The number of aryl methyl sites for hydroxylation is 1. The summed E-state index contributed by atoms with van der Waals surface area (Å²) in [7, 11) is 0. The first-order valence-corrected chi connectivity index (χ1v) is 8.58. The molecule has 0 saturated carbocycles. The zero-order valence-electron chi connectivity index (χ0n) is 13.8. The molecule has 1 amide bonds. The molecule has 1 aromatic heterocycles. The van der Waals surface area contributed by atoms with Gasteiger partial charge in [0.15, 0.2) is 0 Å². The number of likely N-dealkylation sites (tertiary alicyclic amines) is 2. The average molecular weight is 318 g/mol. The first-order valence-electron chi connectivity index (χ1n) is 8.58. The van der Waals surface area contributed by atoms with Crippen molar-refractivity contribution >= 4 is 5.91 Å². The van der Waals surface area contributed by atoms with E-state index in [2.05, 4.69) is 4.90 Å². The molecule has 2 fully saturated rings. The third kappa shape index (κ3) is 3.48. The van der Waals surface area contributed by atoms with Crippen LogP contribution in [0, 0.1) is 0 Å². The molecule has 2 aliphatic heterocycles. The molecule has 1 unspecified atom stereocenters. The van der Waals surface area contributed by atoms with Gasteiger partial charge in [-0.1, -0.05) is 0 Å². The van der Waals surface area contributed by atoms with E-state index in [-0.39, 0.29) is 11.5 Å². The highest BCUT2D eigenvalue weighted by atomic mass is 16.2. The van der Waals surface area contributed by atoms with Gasteiger partial charge in [-0.2, -0.15) is 0 Å². The van der Waals surface area contributed by atoms with Crippen LogP contribution in [0.15, 0.2) is 23.1 Å². The molecular weight excluding hydrogens is 292 g/mol. The minimum atomic E-state index is -0.112. The van der Waals surface area contributed by atoms with Gasteiger partial charge >= 0.3 is 0 Å². The van der Waals surface area contributed by atoms with Gasteiger partial charge in [0.05, 0.1) is 0 Å². The number of nitrogens with zero attached hydrogens (tertiary/aromatic N) is 3. The van der Waals surface area contributed by atoms with Crippen molar-refractivity contribution in [2.75, 3.05) is 26.2 Å². The Hall–Kier alpha value is -1.66. The Bertz CT molecular complexity index is 619. The van der Waals surface area contributed by atoms with E-state index < -0.39 is 0 Å². The number of piperidine rings is 1. The van der Waals surface area contributed by atoms with Gasteiger partial charge in [-0.15, -0.1) is 0 Å². The van der Waals surface area contributed by atoms with E-state index in [1.54, 1.807) is 16.8 Å². The zero-order valence-corrected chi connectivity index (χ0v) is 13.8. The largest absolute Gasteiger partial charge is 0.337 e. The summed E-state index contributed by atoms with van der Waals surface area (Å²) < 4.78 is 1.60. The Morgan fingerprint density at radius 2 is 2.00 bits per heavy atom. The highest BCUT2D eigenvalue weighted by Crippen LogP contribution is 2.21. The lowest BCUT2D eigenvalue weighted by molar-refractivity contribution is 0.0769. The summed E-state index contributed by atoms with van der Waals surface area (Å²) in [5, 5.41) is 0. The van der Waals surface area contributed by atoms with Crippen LogP contribution < -0.4 is 11.3 Å². The summed E-state index contributed by atoms with van der Waals surface area (Å²) in [5.74, 6) is -0.0263. The molecule has 1 aromatic rings. The van der Waals surface area contributed by atoms with Crippen LogP contribution in [-0.2, 0) is 6.54 Å². The van der Waals surface area contributed by atoms with E-state index >= 15 is 0 Å². The molecule has 6 heteroatoms. The lowest BCUT2D eigenvalue weighted by Crippen LogP contribution is -2.46. The lowest BCUT2D eigenvalue weighted by Gasteiger charge is -2.34. The number of rotatable bonds is 3. The van der Waals surface area contributed by atoms with Crippen molar-refractivity contribution in [1.82, 2.24) is 14.4 Å². The molecule has 0 aliphatic carbocycles. The summed E-state index contributed by atoms with van der Waals surface area (Å²) >= 11 is 0. The van der Waals surface area contributed by atoms with Gasteiger partial charge < -0.3 is 15.2 Å². The van der Waals surface area contributed by atoms with Crippen molar-refractivity contribution in [3.8, 4) is 0 Å². The second kappa shape index (κ2) is 6.84. The van der Waals surface area contributed by atoms with E-state index in [9.17, 15) is 9.59 Å². The summed E-state index contributed by atoms with van der Waals surface area (Å²) in [5.41, 5.74) is 6.35. The van der Waals surface area contributed by atoms with Crippen molar-refractivity contribution in [2.45, 2.75) is 44.8 Å². The Balaban J connectivity index is 1.63. The summed E-state index contributed by atoms with van der Waals surface area (Å²) in [4.78, 5) is 28.9. The number of carbonyl (C=O) groups excluding carboxylic acids is 1. The van der Waals surface area contributed by atoms with Gasteiger partial charge in [-0.3, -0.25) is 14.5 Å². The Morgan fingerprint density at radius 1 is 1.26 bits per heavy atom. The van der Waals surface area contributed by atoms with Gasteiger partial charge in [0.1, 0.15) is 0 Å². The van der Waals surface area contributed by atoms with Gasteiger partial charge in [0.25, 0.3) is 11.5 Å². The number of nitrogens with two attached hydrogens (primary N) is 1. The summed E-state index contributed by atoms with van der Waals surface area (Å²) in [6.07, 6.45) is 4.79. The summed E-state index contributed by atoms with van der Waals surface area (Å²) in [6, 6.07) is 3.97. The molecule has 0 bridgehead atoms. The molecule has 3 rings (SSSR count). The van der Waals surface area contributed by atoms with Crippen molar-refractivity contribution in [1.29, 1.82) is 0 Å². The molecule has 126 valence electrons. The number of aromatic nitrogens is 1. The fourth-order valence-corrected chi connectivity index (χ4v) is 3.59. The van der Waals surface area contributed by atoms with E-state index in [0.717, 1.165) is 45.4 Å². The predicted octanol–water partition coefficient (Wildman–Crippen LogP) is 0.506. The summed E-state index contributed by atoms with van der Waals surface area (Å²) in [6.45, 7) is 6.11. The van der Waals surface area contributed by atoms with Crippen LogP contribution in [0.2, 0.25) is 0 Å². The van der Waals surface area contributed by atoms with Crippen LogP contribution in [0.25, 0.3) is 0 Å². The third-order valence-corrected chi connectivity index (χ3v) is 5.12. The van der Waals surface area contributed by atoms with Crippen molar-refractivity contribution in [3.05, 3.63) is 34.2 Å². The quantitative estimate of drug-likeness (QED) is 0.881. The Kier molecular flexibility index (Phi) is 4.82. The first kappa shape index (κ1) is 16.2. The molecule has 3 heterocycles. The molecule has 2 N–H and O–H groups in total. The molecule has 1 atom stereocenters. The van der Waals surface area contributed by atoms with Crippen molar-refractivity contribution in [3.63, 3.8) is 0 Å². The second-order valence-electron chi connectivity index (χ2n) is 6.61. The number of carbonyl (C=O) groups is 1. The van der Waals surface area contributed by atoms with Crippen LogP contribution in [0.5, 0.6) is 0 Å². The number of hydrogen-bond donors (Lipinski definition) is 1. The second-order valence-corrected chi connectivity index (χ2v) is 6.61. The SMILES string of the molecule is CCn1ccc(C(=O)N2CCC(N3CCC(N)CC3)C2)cc1=O. The highest BCUT2D eigenvalue weighted by Gasteiger charge is 2.32. The van der Waals surface area contributed by atoms with E-state index in [0.29, 0.717) is 24.2 Å². The van der Waals surface area contributed by atoms with E-state index in [1.165, 1.54) is 6.07 Å². The van der Waals surface area contributed by atoms with Crippen LogP contribution in [0.3, 0.4) is 0 Å². The molecule has 2 saturated heterocycles. The Morgan fingerprint density at radius 3 is 2.65 bits per heavy atom. The predicted molar refractivity (Wildman–Crippen MR) is 89.5 cm³/mol. The lowest BCUT2D eigenvalue weighted by atomic mass is 10.0. The maximum absolute atomic E-state index is 12.6. The third-order valence-electron chi connectivity index (χ3n) is 5.12. The van der Waals surface area contributed by atoms with Crippen LogP contribution in [0.4, 0.5) is 0 Å². The minimum Gasteiger partial charge on any atom is -0.337 e. The van der Waals surface area contributed by atoms with Crippen molar-refractivity contribution < 1.29 is 4.79 Å². The van der Waals surface area contributed by atoms with E-state index in [4.69, 9.17) is 5.73 Å². The molecule has 2 aliphatic rings. The zero-order chi connectivity index (χ0) is 16.4. The fourth-order valence-electron chi connectivity index (χ4n) is 3.59. The number of hydrogen-bond acceptors (Lipinski definition) is 4. The number of pyridine rings is 1. The molecule has 23 heavy (non-hydrogen) atoms. The standard InChI is InChI=1S/C17H26N4O2/c1-2-19-7-3-13(11-16(19)22)17(23)21-10-6-15(12-21)20-8-4-14(18)5-9-20/h3,7,11,14-15H,2,4-6,8-10,12,18H2,1H3. The molecule has 0 aromatic carbocycles. The first-order chi connectivity index (χ1) is 11.1. The van der Waals surface area contributed by atoms with Crippen LogP contribution in [0.1, 0.15) is 36.5 Å². The van der Waals surface area contributed by atoms with Gasteiger partial charge in [-0.25, -0.2) is 0 Å². The molecule has 0 spiro atoms. The topological polar surface area (TPSA) is 71.6 Å². The number of amides is 1. The normalized spacial score (nSPS) is 23.4. The van der Waals surface area contributed by atoms with Gasteiger partial charge in [0, 0.05) is 49.5 Å². The molecular formula is C17H26N4O2. The molecule has 0 radical (unpaired) electrons. The van der Waals surface area contributed by atoms with E-state index in [1.807, 2.05) is 11.8 Å². The molecule has 6 nitrogen and oxygen atoms in total. The van der Waals surface area contributed by atoms with Gasteiger partial charge in [-0.05, 0) is 45.3 Å². The highest BCUT2D eigenvalue weighted by molar-refractivity contribution is 5.94. The minimum absolute atomic E-state index is 0.0263. The maximum atomic E-state index is 12.6. The van der Waals surface area contributed by atoms with Crippen LogP contribution >= 0.6 is 0 Å². The Labute approximate surface area is 136 Å². The van der Waals surface area contributed by atoms with Crippen molar-refractivity contribution in [2.24, 2.45) is 5.73 Å².